The molecule has 0 aromatic heterocycles. The lowest BCUT2D eigenvalue weighted by Crippen LogP contribution is -2.57. The molecule has 2 rings (SSSR count). The number of rotatable bonds is 4. The number of cyclic esters (lactones) is 1. The van der Waals surface area contributed by atoms with E-state index in [1.807, 2.05) is 20.8 Å². The quantitative estimate of drug-likeness (QED) is 0.776. The van der Waals surface area contributed by atoms with Crippen LogP contribution in [0.5, 0.6) is 0 Å². The molecule has 0 unspecified atom stereocenters. The molecular weight excluding hydrogens is 268 g/mol. The van der Waals surface area contributed by atoms with Crippen molar-refractivity contribution >= 4 is 11.9 Å². The predicted molar refractivity (Wildman–Crippen MR) is 80.8 cm³/mol. The van der Waals surface area contributed by atoms with E-state index in [-0.39, 0.29) is 35.4 Å². The highest BCUT2D eigenvalue weighted by atomic mass is 16.5. The first-order valence-electron chi connectivity index (χ1n) is 8.11. The van der Waals surface area contributed by atoms with E-state index in [1.165, 1.54) is 19.3 Å². The molecule has 1 saturated carbocycles. The molecule has 0 radical (unpaired) electrons. The van der Waals surface area contributed by atoms with Crippen molar-refractivity contribution in [3.05, 3.63) is 0 Å². The SMILES string of the molecule is CC(C)(C)[C@H](N[C@H]1CCOC1=O)C(=O)NC1CCCCC1. The van der Waals surface area contributed by atoms with E-state index in [0.29, 0.717) is 13.0 Å². The van der Waals surface area contributed by atoms with Crippen LogP contribution in [0.1, 0.15) is 59.3 Å². The van der Waals surface area contributed by atoms with Crippen LogP contribution in [0.2, 0.25) is 0 Å². The Labute approximate surface area is 127 Å². The van der Waals surface area contributed by atoms with Gasteiger partial charge in [-0.15, -0.1) is 0 Å². The molecular formula is C16H28N2O3. The highest BCUT2D eigenvalue weighted by molar-refractivity contribution is 5.84. The molecule has 2 N–H and O–H groups in total. The summed E-state index contributed by atoms with van der Waals surface area (Å²) in [6.07, 6.45) is 6.41. The Morgan fingerprint density at radius 3 is 2.38 bits per heavy atom. The third-order valence-electron chi connectivity index (χ3n) is 4.38. The average molecular weight is 296 g/mol. The van der Waals surface area contributed by atoms with Gasteiger partial charge in [-0.2, -0.15) is 0 Å². The standard InChI is InChI=1S/C16H28N2O3/c1-16(2,3)13(18-12-9-10-21-15(12)20)14(19)17-11-7-5-4-6-8-11/h11-13,18H,4-10H2,1-3H3,(H,17,19)/t12-,13+/m0/s1. The number of carbonyl (C=O) groups excluding carboxylic acids is 2. The first-order valence-corrected chi connectivity index (χ1v) is 8.11. The number of amides is 1. The fourth-order valence-corrected chi connectivity index (χ4v) is 3.10. The zero-order valence-corrected chi connectivity index (χ0v) is 13.4. The smallest absolute Gasteiger partial charge is 0.323 e. The van der Waals surface area contributed by atoms with Crippen LogP contribution in [-0.4, -0.2) is 36.6 Å². The molecule has 0 aromatic carbocycles. The van der Waals surface area contributed by atoms with Crippen molar-refractivity contribution in [2.24, 2.45) is 5.41 Å². The van der Waals surface area contributed by atoms with Crippen LogP contribution in [0.15, 0.2) is 0 Å². The molecule has 1 heterocycles. The molecule has 2 fully saturated rings. The third-order valence-corrected chi connectivity index (χ3v) is 4.38. The van der Waals surface area contributed by atoms with Gasteiger partial charge in [-0.25, -0.2) is 0 Å². The molecule has 0 spiro atoms. The molecule has 21 heavy (non-hydrogen) atoms. The van der Waals surface area contributed by atoms with Crippen molar-refractivity contribution in [3.63, 3.8) is 0 Å². The second kappa shape index (κ2) is 6.77. The summed E-state index contributed by atoms with van der Waals surface area (Å²) in [5.74, 6) is -0.233. The summed E-state index contributed by atoms with van der Waals surface area (Å²) in [5, 5.41) is 6.37. The van der Waals surface area contributed by atoms with Crippen LogP contribution in [0.4, 0.5) is 0 Å². The van der Waals surface area contributed by atoms with Crippen molar-refractivity contribution in [2.45, 2.75) is 77.4 Å². The molecule has 0 aromatic rings. The van der Waals surface area contributed by atoms with Gasteiger partial charge in [0.1, 0.15) is 6.04 Å². The largest absolute Gasteiger partial charge is 0.464 e. The van der Waals surface area contributed by atoms with E-state index >= 15 is 0 Å². The van der Waals surface area contributed by atoms with Gasteiger partial charge in [-0.1, -0.05) is 40.0 Å². The molecule has 1 saturated heterocycles. The van der Waals surface area contributed by atoms with Crippen molar-refractivity contribution in [2.75, 3.05) is 6.61 Å². The van der Waals surface area contributed by atoms with E-state index in [2.05, 4.69) is 10.6 Å². The summed E-state index contributed by atoms with van der Waals surface area (Å²) < 4.78 is 4.98. The van der Waals surface area contributed by atoms with Crippen LogP contribution in [0.25, 0.3) is 0 Å². The maximum atomic E-state index is 12.6. The molecule has 1 amide bonds. The molecule has 0 bridgehead atoms. The van der Waals surface area contributed by atoms with Crippen LogP contribution < -0.4 is 10.6 Å². The Balaban J connectivity index is 1.97. The Bertz CT molecular complexity index is 383. The molecule has 5 nitrogen and oxygen atoms in total. The number of hydrogen-bond acceptors (Lipinski definition) is 4. The Kier molecular flexibility index (Phi) is 5.25. The first kappa shape index (κ1) is 16.3. The second-order valence-corrected chi connectivity index (χ2v) is 7.32. The normalized spacial score (nSPS) is 25.5. The molecule has 5 heteroatoms. The highest BCUT2D eigenvalue weighted by Gasteiger charge is 2.37. The topological polar surface area (TPSA) is 67.4 Å². The lowest BCUT2D eigenvalue weighted by molar-refractivity contribution is -0.140. The number of ether oxygens (including phenoxy) is 1. The summed E-state index contributed by atoms with van der Waals surface area (Å²) in [6, 6.07) is -0.449. The summed E-state index contributed by atoms with van der Waals surface area (Å²) in [7, 11) is 0. The van der Waals surface area contributed by atoms with E-state index in [4.69, 9.17) is 4.74 Å². The lowest BCUT2D eigenvalue weighted by Gasteiger charge is -2.34. The van der Waals surface area contributed by atoms with E-state index in [0.717, 1.165) is 12.8 Å². The highest BCUT2D eigenvalue weighted by Crippen LogP contribution is 2.23. The molecule has 2 aliphatic rings. The molecule has 1 aliphatic heterocycles. The minimum absolute atomic E-state index is 0.00843. The van der Waals surface area contributed by atoms with Crippen LogP contribution >= 0.6 is 0 Å². The van der Waals surface area contributed by atoms with Crippen LogP contribution in [0, 0.1) is 5.41 Å². The van der Waals surface area contributed by atoms with E-state index < -0.39 is 0 Å². The first-order chi connectivity index (χ1) is 9.88. The molecule has 2 atom stereocenters. The van der Waals surface area contributed by atoms with Gasteiger partial charge < -0.3 is 10.1 Å². The maximum absolute atomic E-state index is 12.6. The van der Waals surface area contributed by atoms with Crippen LogP contribution in [0.3, 0.4) is 0 Å². The summed E-state index contributed by atoms with van der Waals surface area (Å²) in [4.78, 5) is 24.3. The minimum Gasteiger partial charge on any atom is -0.464 e. The number of esters is 1. The van der Waals surface area contributed by atoms with Crippen molar-refractivity contribution in [3.8, 4) is 0 Å². The lowest BCUT2D eigenvalue weighted by atomic mass is 9.85. The van der Waals surface area contributed by atoms with Crippen LogP contribution in [-0.2, 0) is 14.3 Å². The number of nitrogens with one attached hydrogen (secondary N) is 2. The van der Waals surface area contributed by atoms with Gasteiger partial charge in [0.15, 0.2) is 0 Å². The van der Waals surface area contributed by atoms with Gasteiger partial charge in [0.05, 0.1) is 12.6 Å². The van der Waals surface area contributed by atoms with Gasteiger partial charge in [-0.3, -0.25) is 14.9 Å². The molecule has 1 aliphatic carbocycles. The fourth-order valence-electron chi connectivity index (χ4n) is 3.10. The van der Waals surface area contributed by atoms with Gasteiger partial charge in [0.25, 0.3) is 0 Å². The number of carbonyl (C=O) groups is 2. The fraction of sp³-hybridized carbons (Fsp3) is 0.875. The zero-order chi connectivity index (χ0) is 15.5. The summed E-state index contributed by atoms with van der Waals surface area (Å²) in [6.45, 7) is 6.50. The summed E-state index contributed by atoms with van der Waals surface area (Å²) in [5.41, 5.74) is -0.248. The Hall–Kier alpha value is -1.10. The summed E-state index contributed by atoms with van der Waals surface area (Å²) >= 11 is 0. The third kappa shape index (κ3) is 4.43. The number of hydrogen-bond donors (Lipinski definition) is 2. The van der Waals surface area contributed by atoms with Crippen molar-refractivity contribution in [1.82, 2.24) is 10.6 Å². The van der Waals surface area contributed by atoms with Gasteiger partial charge in [-0.05, 0) is 18.3 Å². The zero-order valence-electron chi connectivity index (χ0n) is 13.4. The minimum atomic E-state index is -0.380. The Morgan fingerprint density at radius 2 is 1.86 bits per heavy atom. The predicted octanol–water partition coefficient (Wildman–Crippen LogP) is 1.76. The van der Waals surface area contributed by atoms with Gasteiger partial charge in [0, 0.05) is 12.5 Å². The maximum Gasteiger partial charge on any atom is 0.323 e. The van der Waals surface area contributed by atoms with Gasteiger partial charge in [0.2, 0.25) is 5.91 Å². The van der Waals surface area contributed by atoms with Crippen molar-refractivity contribution < 1.29 is 14.3 Å². The molecule has 120 valence electrons. The Morgan fingerprint density at radius 1 is 1.19 bits per heavy atom. The second-order valence-electron chi connectivity index (χ2n) is 7.32. The van der Waals surface area contributed by atoms with Gasteiger partial charge >= 0.3 is 5.97 Å². The average Bonchev–Trinajstić information content (AvgIpc) is 2.81. The van der Waals surface area contributed by atoms with Crippen molar-refractivity contribution in [1.29, 1.82) is 0 Å². The van der Waals surface area contributed by atoms with E-state index in [1.54, 1.807) is 0 Å². The van der Waals surface area contributed by atoms with E-state index in [9.17, 15) is 9.59 Å². The monoisotopic (exact) mass is 296 g/mol.